The van der Waals surface area contributed by atoms with Crippen molar-refractivity contribution >= 4 is 16.0 Å². The van der Waals surface area contributed by atoms with Crippen LogP contribution >= 0.6 is 0 Å². The number of carboxylic acids is 1. The molecule has 0 aromatic heterocycles. The van der Waals surface area contributed by atoms with Crippen LogP contribution in [0.3, 0.4) is 0 Å². The van der Waals surface area contributed by atoms with Gasteiger partial charge in [-0.05, 0) is 12.8 Å². The Kier molecular flexibility index (Phi) is 8.77. The van der Waals surface area contributed by atoms with Crippen LogP contribution in [0.15, 0.2) is 18.2 Å². The standard InChI is InChI=1S/C16H23F2NO5S/c1-25(22,23)19(7-5-3-2-4-6-16(20)21)8-9-24-15-11-13(17)10-14(18)12-15/h10-12H,2-9H2,1H3,(H,20,21). The Morgan fingerprint density at radius 2 is 1.68 bits per heavy atom. The first-order valence-corrected chi connectivity index (χ1v) is 9.79. The molecule has 0 heterocycles. The maximum Gasteiger partial charge on any atom is 0.303 e. The van der Waals surface area contributed by atoms with Gasteiger partial charge in [-0.1, -0.05) is 12.8 Å². The maximum absolute atomic E-state index is 13.1. The van der Waals surface area contributed by atoms with Crippen LogP contribution in [0.5, 0.6) is 5.75 Å². The summed E-state index contributed by atoms with van der Waals surface area (Å²) >= 11 is 0. The fourth-order valence-corrected chi connectivity index (χ4v) is 3.11. The predicted molar refractivity (Wildman–Crippen MR) is 89.0 cm³/mol. The smallest absolute Gasteiger partial charge is 0.303 e. The van der Waals surface area contributed by atoms with E-state index in [9.17, 15) is 22.0 Å². The Morgan fingerprint density at radius 1 is 1.08 bits per heavy atom. The maximum atomic E-state index is 13.1. The fourth-order valence-electron chi connectivity index (χ4n) is 2.24. The molecule has 1 N–H and O–H groups in total. The largest absolute Gasteiger partial charge is 0.492 e. The molecule has 0 bridgehead atoms. The van der Waals surface area contributed by atoms with Crippen molar-refractivity contribution in [2.75, 3.05) is 26.0 Å². The van der Waals surface area contributed by atoms with Crippen LogP contribution in [-0.2, 0) is 14.8 Å². The fraction of sp³-hybridized carbons (Fsp3) is 0.562. The second kappa shape index (κ2) is 10.3. The van der Waals surface area contributed by atoms with Gasteiger partial charge < -0.3 is 9.84 Å². The van der Waals surface area contributed by atoms with E-state index in [-0.39, 0.29) is 31.9 Å². The number of aliphatic carboxylic acids is 1. The Balaban J connectivity index is 2.39. The van der Waals surface area contributed by atoms with E-state index in [1.165, 1.54) is 4.31 Å². The molecule has 0 aliphatic rings. The third-order valence-electron chi connectivity index (χ3n) is 3.46. The number of ether oxygens (including phenoxy) is 1. The molecule has 0 saturated carbocycles. The average molecular weight is 379 g/mol. The second-order valence-electron chi connectivity index (χ2n) is 5.67. The van der Waals surface area contributed by atoms with E-state index in [0.29, 0.717) is 19.3 Å². The molecule has 0 unspecified atom stereocenters. The molecule has 25 heavy (non-hydrogen) atoms. The van der Waals surface area contributed by atoms with Gasteiger partial charge in [-0.25, -0.2) is 17.2 Å². The van der Waals surface area contributed by atoms with Crippen molar-refractivity contribution in [3.8, 4) is 5.75 Å². The summed E-state index contributed by atoms with van der Waals surface area (Å²) in [6, 6.07) is 2.77. The molecule has 0 amide bonds. The summed E-state index contributed by atoms with van der Waals surface area (Å²) in [5.41, 5.74) is 0. The monoisotopic (exact) mass is 379 g/mol. The molecule has 1 aromatic rings. The topological polar surface area (TPSA) is 83.9 Å². The van der Waals surface area contributed by atoms with E-state index in [1.807, 2.05) is 0 Å². The number of sulfonamides is 1. The molecule has 0 atom stereocenters. The van der Waals surface area contributed by atoms with Crippen LogP contribution in [-0.4, -0.2) is 49.8 Å². The van der Waals surface area contributed by atoms with Gasteiger partial charge in [-0.2, -0.15) is 4.31 Å². The molecule has 0 aliphatic carbocycles. The summed E-state index contributed by atoms with van der Waals surface area (Å²) < 4.78 is 56.1. The minimum Gasteiger partial charge on any atom is -0.492 e. The Hall–Kier alpha value is -1.74. The molecule has 0 saturated heterocycles. The van der Waals surface area contributed by atoms with E-state index in [0.717, 1.165) is 30.9 Å². The van der Waals surface area contributed by atoms with Crippen LogP contribution in [0.2, 0.25) is 0 Å². The van der Waals surface area contributed by atoms with Crippen molar-refractivity contribution in [2.45, 2.75) is 32.1 Å². The quantitative estimate of drug-likeness (QED) is 0.565. The average Bonchev–Trinajstić information content (AvgIpc) is 2.46. The first-order valence-electron chi connectivity index (χ1n) is 7.94. The number of halogens is 2. The number of benzene rings is 1. The molecule has 0 spiro atoms. The van der Waals surface area contributed by atoms with Crippen LogP contribution < -0.4 is 4.74 Å². The van der Waals surface area contributed by atoms with Gasteiger partial charge in [0.15, 0.2) is 0 Å². The summed E-state index contributed by atoms with van der Waals surface area (Å²) in [5, 5.41) is 8.54. The number of carboxylic acid groups (broad SMARTS) is 1. The lowest BCUT2D eigenvalue weighted by atomic mass is 10.1. The van der Waals surface area contributed by atoms with Gasteiger partial charge in [0, 0.05) is 37.7 Å². The molecule has 0 aliphatic heterocycles. The lowest BCUT2D eigenvalue weighted by Crippen LogP contribution is -2.34. The molecule has 0 fully saturated rings. The zero-order valence-corrected chi connectivity index (χ0v) is 14.9. The van der Waals surface area contributed by atoms with Crippen molar-refractivity contribution in [1.29, 1.82) is 0 Å². The lowest BCUT2D eigenvalue weighted by Gasteiger charge is -2.20. The first-order chi connectivity index (χ1) is 11.7. The van der Waals surface area contributed by atoms with Gasteiger partial charge in [-0.3, -0.25) is 4.79 Å². The molecule has 0 radical (unpaired) electrons. The van der Waals surface area contributed by atoms with Crippen molar-refractivity contribution in [1.82, 2.24) is 4.31 Å². The second-order valence-corrected chi connectivity index (χ2v) is 7.66. The van der Waals surface area contributed by atoms with Crippen molar-refractivity contribution in [3.63, 3.8) is 0 Å². The SMILES string of the molecule is CS(=O)(=O)N(CCCCCCC(=O)O)CCOc1cc(F)cc(F)c1. The van der Waals surface area contributed by atoms with Crippen LogP contribution in [0, 0.1) is 11.6 Å². The Morgan fingerprint density at radius 3 is 2.24 bits per heavy atom. The van der Waals surface area contributed by atoms with Crippen molar-refractivity contribution in [3.05, 3.63) is 29.8 Å². The molecule has 1 aromatic carbocycles. The number of rotatable bonds is 12. The number of hydrogen-bond donors (Lipinski definition) is 1. The lowest BCUT2D eigenvalue weighted by molar-refractivity contribution is -0.137. The summed E-state index contributed by atoms with van der Waals surface area (Å²) in [6.45, 7) is 0.313. The summed E-state index contributed by atoms with van der Waals surface area (Å²) in [5.74, 6) is -2.38. The molecule has 6 nitrogen and oxygen atoms in total. The first kappa shape index (κ1) is 21.3. The molecule has 1 rings (SSSR count). The molecular weight excluding hydrogens is 356 g/mol. The Labute approximate surface area is 146 Å². The van der Waals surface area contributed by atoms with Crippen LogP contribution in [0.25, 0.3) is 0 Å². The zero-order valence-electron chi connectivity index (χ0n) is 14.1. The van der Waals surface area contributed by atoms with E-state index in [1.54, 1.807) is 0 Å². The highest BCUT2D eigenvalue weighted by Gasteiger charge is 2.16. The summed E-state index contributed by atoms with van der Waals surface area (Å²) in [4.78, 5) is 10.4. The summed E-state index contributed by atoms with van der Waals surface area (Å²) in [7, 11) is -3.43. The third kappa shape index (κ3) is 9.35. The number of hydrogen-bond acceptors (Lipinski definition) is 4. The highest BCUT2D eigenvalue weighted by Crippen LogP contribution is 2.15. The third-order valence-corrected chi connectivity index (χ3v) is 4.77. The summed E-state index contributed by atoms with van der Waals surface area (Å²) in [6.07, 6.45) is 3.77. The minimum atomic E-state index is -3.43. The van der Waals surface area contributed by atoms with Crippen LogP contribution in [0.4, 0.5) is 8.78 Å². The van der Waals surface area contributed by atoms with Crippen LogP contribution in [0.1, 0.15) is 32.1 Å². The highest BCUT2D eigenvalue weighted by atomic mass is 32.2. The van der Waals surface area contributed by atoms with Crippen molar-refractivity contribution in [2.24, 2.45) is 0 Å². The molecule has 9 heteroatoms. The van der Waals surface area contributed by atoms with Gasteiger partial charge >= 0.3 is 5.97 Å². The van der Waals surface area contributed by atoms with Gasteiger partial charge in [0.25, 0.3) is 0 Å². The van der Waals surface area contributed by atoms with E-state index in [4.69, 9.17) is 9.84 Å². The zero-order chi connectivity index (χ0) is 18.9. The van der Waals surface area contributed by atoms with Crippen molar-refractivity contribution < 1.29 is 31.8 Å². The van der Waals surface area contributed by atoms with Gasteiger partial charge in [0.05, 0.1) is 6.26 Å². The van der Waals surface area contributed by atoms with E-state index < -0.39 is 27.6 Å². The Bertz CT molecular complexity index is 646. The normalized spacial score (nSPS) is 11.7. The minimum absolute atomic E-state index is 0.000350. The molecular formula is C16H23F2NO5S. The van der Waals surface area contributed by atoms with Gasteiger partial charge in [-0.15, -0.1) is 0 Å². The van der Waals surface area contributed by atoms with Gasteiger partial charge in [0.2, 0.25) is 10.0 Å². The van der Waals surface area contributed by atoms with Gasteiger partial charge in [0.1, 0.15) is 24.0 Å². The van der Waals surface area contributed by atoms with E-state index in [2.05, 4.69) is 0 Å². The number of unbranched alkanes of at least 4 members (excludes halogenated alkanes) is 3. The molecule has 142 valence electrons. The number of nitrogens with zero attached hydrogens (tertiary/aromatic N) is 1. The number of carbonyl (C=O) groups is 1. The van der Waals surface area contributed by atoms with E-state index >= 15 is 0 Å². The highest BCUT2D eigenvalue weighted by molar-refractivity contribution is 7.88. The predicted octanol–water partition coefficient (Wildman–Crippen LogP) is 2.64.